The van der Waals surface area contributed by atoms with Crippen molar-refractivity contribution in [2.75, 3.05) is 6.61 Å². The van der Waals surface area contributed by atoms with Crippen molar-refractivity contribution in [3.8, 4) is 17.2 Å². The van der Waals surface area contributed by atoms with E-state index >= 15 is 0 Å². The van der Waals surface area contributed by atoms with Gasteiger partial charge < -0.3 is 14.2 Å². The van der Waals surface area contributed by atoms with Crippen molar-refractivity contribution in [1.82, 2.24) is 10.9 Å². The van der Waals surface area contributed by atoms with Gasteiger partial charge in [0.15, 0.2) is 17.6 Å². The lowest BCUT2D eigenvalue weighted by molar-refractivity contribution is -0.137. The van der Waals surface area contributed by atoms with E-state index in [4.69, 9.17) is 25.8 Å². The Hall–Kier alpha value is -2.93. The summed E-state index contributed by atoms with van der Waals surface area (Å²) in [6.07, 6.45) is -1.69. The van der Waals surface area contributed by atoms with E-state index in [-0.39, 0.29) is 6.61 Å². The summed E-state index contributed by atoms with van der Waals surface area (Å²) in [5.74, 6) is 0.563. The zero-order chi connectivity index (χ0) is 19.4. The predicted octanol–water partition coefficient (Wildman–Crippen LogP) is 2.40. The Morgan fingerprint density at radius 1 is 1.19 bits per heavy atom. The molecule has 0 saturated carbocycles. The zero-order valence-electron chi connectivity index (χ0n) is 14.8. The second kappa shape index (κ2) is 8.18. The lowest BCUT2D eigenvalue weighted by Gasteiger charge is -2.25. The van der Waals surface area contributed by atoms with Crippen LogP contribution in [0.3, 0.4) is 0 Å². The number of carbonyl (C=O) groups is 2. The van der Waals surface area contributed by atoms with Crippen LogP contribution in [0.1, 0.15) is 12.5 Å². The van der Waals surface area contributed by atoms with Crippen LogP contribution >= 0.6 is 11.6 Å². The number of carbonyl (C=O) groups excluding carboxylic acids is 2. The second-order valence-corrected chi connectivity index (χ2v) is 6.45. The van der Waals surface area contributed by atoms with Gasteiger partial charge in [-0.3, -0.25) is 20.4 Å². The lowest BCUT2D eigenvalue weighted by Crippen LogP contribution is -2.53. The van der Waals surface area contributed by atoms with Crippen LogP contribution < -0.4 is 25.1 Å². The number of halogens is 1. The lowest BCUT2D eigenvalue weighted by atomic mass is 10.2. The van der Waals surface area contributed by atoms with Crippen LogP contribution in [0.2, 0.25) is 5.02 Å². The molecule has 7 nitrogen and oxygen atoms in total. The number of fused-ring (bicyclic) bond motifs is 1. The highest BCUT2D eigenvalue weighted by Gasteiger charge is 2.28. The van der Waals surface area contributed by atoms with E-state index < -0.39 is 24.0 Å². The fourth-order valence-corrected chi connectivity index (χ4v) is 2.67. The van der Waals surface area contributed by atoms with Crippen LogP contribution in [0.25, 0.3) is 0 Å². The van der Waals surface area contributed by atoms with Gasteiger partial charge in [-0.2, -0.15) is 0 Å². The van der Waals surface area contributed by atoms with Gasteiger partial charge in [-0.15, -0.1) is 0 Å². The molecule has 0 fully saturated rings. The number of hydrogen-bond acceptors (Lipinski definition) is 5. The van der Waals surface area contributed by atoms with Crippen LogP contribution in [0, 0.1) is 6.92 Å². The van der Waals surface area contributed by atoms with E-state index in [1.165, 1.54) is 0 Å². The number of para-hydroxylation sites is 2. The number of aryl methyl sites for hydroxylation is 1. The van der Waals surface area contributed by atoms with E-state index in [1.54, 1.807) is 43.3 Å². The van der Waals surface area contributed by atoms with Crippen LogP contribution in [0.4, 0.5) is 0 Å². The van der Waals surface area contributed by atoms with Crippen molar-refractivity contribution in [2.24, 2.45) is 0 Å². The topological polar surface area (TPSA) is 85.9 Å². The fourth-order valence-electron chi connectivity index (χ4n) is 2.44. The largest absolute Gasteiger partial charge is 0.485 e. The summed E-state index contributed by atoms with van der Waals surface area (Å²) in [4.78, 5) is 24.4. The summed E-state index contributed by atoms with van der Waals surface area (Å²) < 4.78 is 16.7. The molecule has 1 heterocycles. The molecule has 2 atom stereocenters. The molecule has 0 aromatic heterocycles. The van der Waals surface area contributed by atoms with Gasteiger partial charge in [-0.05, 0) is 49.7 Å². The average Bonchev–Trinajstić information content (AvgIpc) is 2.67. The van der Waals surface area contributed by atoms with E-state index in [1.807, 2.05) is 13.0 Å². The van der Waals surface area contributed by atoms with Crippen molar-refractivity contribution in [3.05, 3.63) is 53.1 Å². The maximum Gasteiger partial charge on any atom is 0.283 e. The maximum atomic E-state index is 12.2. The van der Waals surface area contributed by atoms with E-state index in [9.17, 15) is 9.59 Å². The molecule has 1 aliphatic rings. The average molecular weight is 391 g/mol. The number of nitrogens with one attached hydrogen (secondary N) is 2. The molecule has 0 bridgehead atoms. The van der Waals surface area contributed by atoms with E-state index in [0.717, 1.165) is 5.56 Å². The molecule has 0 radical (unpaired) electrons. The molecule has 3 rings (SSSR count). The summed E-state index contributed by atoms with van der Waals surface area (Å²) in [5.41, 5.74) is 5.46. The number of hydrogen-bond donors (Lipinski definition) is 2. The number of benzene rings is 2. The number of amides is 2. The van der Waals surface area contributed by atoms with Gasteiger partial charge in [-0.1, -0.05) is 23.7 Å². The number of hydrazine groups is 1. The van der Waals surface area contributed by atoms with Gasteiger partial charge >= 0.3 is 0 Å². The van der Waals surface area contributed by atoms with Crippen molar-refractivity contribution in [2.45, 2.75) is 26.1 Å². The second-order valence-electron chi connectivity index (χ2n) is 6.01. The molecule has 2 N–H and O–H groups in total. The SMILES string of the molecule is Cc1cc(Cl)ccc1O[C@H](C)C(=O)NNC(=O)[C@H]1COc2ccccc2O1. The first-order chi connectivity index (χ1) is 12.9. The standard InChI is InChI=1S/C19H19ClN2O5/c1-11-9-13(20)7-8-14(11)26-12(2)18(23)21-22-19(24)17-10-25-15-5-3-4-6-16(15)27-17/h3-9,12,17H,10H2,1-2H3,(H,21,23)(H,22,24)/t12-,17-/m1/s1. The minimum atomic E-state index is -0.866. The van der Waals surface area contributed by atoms with E-state index in [2.05, 4.69) is 10.9 Å². The molecule has 0 spiro atoms. The monoisotopic (exact) mass is 390 g/mol. The van der Waals surface area contributed by atoms with Crippen LogP contribution in [0.15, 0.2) is 42.5 Å². The molecule has 8 heteroatoms. The van der Waals surface area contributed by atoms with Crippen molar-refractivity contribution >= 4 is 23.4 Å². The first-order valence-corrected chi connectivity index (χ1v) is 8.73. The number of rotatable bonds is 4. The molecule has 2 aromatic rings. The molecular weight excluding hydrogens is 372 g/mol. The maximum absolute atomic E-state index is 12.2. The van der Waals surface area contributed by atoms with Gasteiger partial charge in [0.2, 0.25) is 6.10 Å². The van der Waals surface area contributed by atoms with Crippen LogP contribution in [-0.4, -0.2) is 30.6 Å². The minimum absolute atomic E-state index is 0.0503. The summed E-state index contributed by atoms with van der Waals surface area (Å²) in [6, 6.07) is 12.1. The third-order valence-corrected chi connectivity index (χ3v) is 4.15. The highest BCUT2D eigenvalue weighted by molar-refractivity contribution is 6.30. The summed E-state index contributed by atoms with van der Waals surface area (Å²) in [7, 11) is 0. The molecule has 142 valence electrons. The van der Waals surface area contributed by atoms with Crippen molar-refractivity contribution in [3.63, 3.8) is 0 Å². The Kier molecular flexibility index (Phi) is 5.71. The molecule has 0 unspecified atom stereocenters. The predicted molar refractivity (Wildman–Crippen MR) is 98.9 cm³/mol. The molecular formula is C19H19ClN2O5. The third-order valence-electron chi connectivity index (χ3n) is 3.92. The Morgan fingerprint density at radius 2 is 1.93 bits per heavy atom. The normalized spacial score (nSPS) is 16.2. The first kappa shape index (κ1) is 18.8. The third kappa shape index (κ3) is 4.62. The minimum Gasteiger partial charge on any atom is -0.485 e. The molecule has 27 heavy (non-hydrogen) atoms. The Balaban J connectivity index is 1.50. The quantitative estimate of drug-likeness (QED) is 0.783. The van der Waals surface area contributed by atoms with Gasteiger partial charge in [0.1, 0.15) is 12.4 Å². The summed E-state index contributed by atoms with van der Waals surface area (Å²) in [5, 5.41) is 0.584. The summed E-state index contributed by atoms with van der Waals surface area (Å²) >= 11 is 5.90. The molecule has 0 aliphatic carbocycles. The molecule has 2 aromatic carbocycles. The molecule has 0 saturated heterocycles. The van der Waals surface area contributed by atoms with Crippen LogP contribution in [0.5, 0.6) is 17.2 Å². The highest BCUT2D eigenvalue weighted by Crippen LogP contribution is 2.30. The van der Waals surface area contributed by atoms with Gasteiger partial charge in [0.25, 0.3) is 11.8 Å². The van der Waals surface area contributed by atoms with Gasteiger partial charge in [0, 0.05) is 5.02 Å². The van der Waals surface area contributed by atoms with Crippen molar-refractivity contribution in [1.29, 1.82) is 0 Å². The smallest absolute Gasteiger partial charge is 0.283 e. The Labute approximate surface area is 161 Å². The van der Waals surface area contributed by atoms with Gasteiger partial charge in [-0.25, -0.2) is 0 Å². The van der Waals surface area contributed by atoms with E-state index in [0.29, 0.717) is 22.3 Å². The highest BCUT2D eigenvalue weighted by atomic mass is 35.5. The number of ether oxygens (including phenoxy) is 3. The Bertz CT molecular complexity index is 858. The fraction of sp³-hybridized carbons (Fsp3) is 0.263. The Morgan fingerprint density at radius 3 is 2.67 bits per heavy atom. The zero-order valence-corrected chi connectivity index (χ0v) is 15.6. The molecule has 2 amide bonds. The molecule has 1 aliphatic heterocycles. The van der Waals surface area contributed by atoms with Crippen LogP contribution in [-0.2, 0) is 9.59 Å². The summed E-state index contributed by atoms with van der Waals surface area (Å²) in [6.45, 7) is 3.45. The van der Waals surface area contributed by atoms with Crippen molar-refractivity contribution < 1.29 is 23.8 Å². The first-order valence-electron chi connectivity index (χ1n) is 8.35. The van der Waals surface area contributed by atoms with Gasteiger partial charge in [0.05, 0.1) is 0 Å².